The molecule has 77 valence electrons. The molecule has 1 fully saturated rings. The Morgan fingerprint density at radius 1 is 1.43 bits per heavy atom. The Labute approximate surface area is 85.9 Å². The number of aliphatic hydroxyl groups is 1. The van der Waals surface area contributed by atoms with Crippen molar-refractivity contribution in [2.24, 2.45) is 5.92 Å². The van der Waals surface area contributed by atoms with E-state index in [-0.39, 0.29) is 24.5 Å². The molecular weight excluding hydrogens is 178 g/mol. The van der Waals surface area contributed by atoms with Crippen molar-refractivity contribution >= 4 is 5.91 Å². The Hall–Kier alpha value is -0.570. The van der Waals surface area contributed by atoms with E-state index >= 15 is 0 Å². The average molecular weight is 194 g/mol. The fraction of sp³-hybridized carbons (Fsp3) is 0.455. The first-order chi connectivity index (χ1) is 6.65. The average Bonchev–Trinajstić information content (AvgIpc) is 2.65. The van der Waals surface area contributed by atoms with Gasteiger partial charge in [-0.1, -0.05) is 13.8 Å². The topological polar surface area (TPSA) is 49.3 Å². The highest BCUT2D eigenvalue weighted by Crippen LogP contribution is 2.23. The molecule has 0 saturated heterocycles. The molecule has 3 heteroatoms. The summed E-state index contributed by atoms with van der Waals surface area (Å²) in [6.07, 6.45) is 7.14. The third-order valence-electron chi connectivity index (χ3n) is 2.24. The highest BCUT2D eigenvalue weighted by atomic mass is 16.3. The molecule has 0 spiro atoms. The second-order valence-corrected chi connectivity index (χ2v) is 3.68. The van der Waals surface area contributed by atoms with E-state index in [1.54, 1.807) is 12.8 Å². The van der Waals surface area contributed by atoms with Gasteiger partial charge >= 0.3 is 0 Å². The zero-order chi connectivity index (χ0) is 10.6. The molecule has 1 atom stereocenters. The lowest BCUT2D eigenvalue weighted by Crippen LogP contribution is -2.43. The van der Waals surface area contributed by atoms with E-state index in [9.17, 15) is 4.79 Å². The van der Waals surface area contributed by atoms with Crippen LogP contribution in [0.5, 0.6) is 0 Å². The summed E-state index contributed by atoms with van der Waals surface area (Å²) >= 11 is 0. The Morgan fingerprint density at radius 3 is 2.43 bits per heavy atom. The summed E-state index contributed by atoms with van der Waals surface area (Å²) in [4.78, 5) is 11.6. The van der Waals surface area contributed by atoms with Gasteiger partial charge < -0.3 is 10.4 Å². The van der Waals surface area contributed by atoms with Gasteiger partial charge in [-0.25, -0.2) is 0 Å². The van der Waals surface area contributed by atoms with Crippen molar-refractivity contribution in [2.45, 2.75) is 19.9 Å². The Bertz CT molecular complexity index is 186. The second-order valence-electron chi connectivity index (χ2n) is 3.68. The predicted octanol–water partition coefficient (Wildman–Crippen LogP) is 0.525. The van der Waals surface area contributed by atoms with Crippen LogP contribution in [0.4, 0.5) is 0 Å². The van der Waals surface area contributed by atoms with Gasteiger partial charge in [-0.05, 0) is 31.6 Å². The zero-order valence-electron chi connectivity index (χ0n) is 8.53. The molecule has 0 unspecified atom stereocenters. The smallest absolute Gasteiger partial charge is 0.228 e. The van der Waals surface area contributed by atoms with Gasteiger partial charge in [0.1, 0.15) is 0 Å². The van der Waals surface area contributed by atoms with Gasteiger partial charge in [-0.15, -0.1) is 0 Å². The Balaban J connectivity index is 2.37. The number of carbonyl (C=O) groups is 1. The van der Waals surface area contributed by atoms with Crippen molar-refractivity contribution in [2.75, 3.05) is 6.61 Å². The molecule has 3 nitrogen and oxygen atoms in total. The third kappa shape index (κ3) is 2.98. The molecule has 5 radical (unpaired) electrons. The minimum atomic E-state index is -0.169. The van der Waals surface area contributed by atoms with Crippen LogP contribution in [0.15, 0.2) is 0 Å². The van der Waals surface area contributed by atoms with Crippen LogP contribution >= 0.6 is 0 Å². The maximum Gasteiger partial charge on any atom is 0.228 e. The SMILES string of the molecule is CC(C)[C@@H](CO)NC(=O)[C]1[CH][CH][CH][CH]1. The molecule has 14 heavy (non-hydrogen) atoms. The summed E-state index contributed by atoms with van der Waals surface area (Å²) in [5.41, 5.74) is 0. The van der Waals surface area contributed by atoms with Crippen molar-refractivity contribution in [3.8, 4) is 0 Å². The maximum absolute atomic E-state index is 11.6. The molecule has 0 aromatic heterocycles. The number of hydrogen-bond donors (Lipinski definition) is 2. The number of aliphatic hydroxyl groups excluding tert-OH is 1. The quantitative estimate of drug-likeness (QED) is 0.685. The fourth-order valence-electron chi connectivity index (χ4n) is 1.20. The van der Waals surface area contributed by atoms with Gasteiger partial charge in [0.2, 0.25) is 5.91 Å². The molecule has 0 aromatic carbocycles. The van der Waals surface area contributed by atoms with E-state index in [1.807, 2.05) is 26.7 Å². The molecule has 1 rings (SSSR count). The minimum Gasteiger partial charge on any atom is -0.394 e. The second kappa shape index (κ2) is 5.35. The monoisotopic (exact) mass is 194 g/mol. The molecular formula is C11H16NO2. The van der Waals surface area contributed by atoms with Crippen LogP contribution in [-0.2, 0) is 4.79 Å². The molecule has 1 aliphatic carbocycles. The number of amides is 1. The van der Waals surface area contributed by atoms with Crippen molar-refractivity contribution in [3.05, 3.63) is 31.6 Å². The molecule has 2 N–H and O–H groups in total. The van der Waals surface area contributed by atoms with E-state index < -0.39 is 0 Å². The van der Waals surface area contributed by atoms with E-state index in [4.69, 9.17) is 5.11 Å². The van der Waals surface area contributed by atoms with Gasteiger partial charge in [-0.2, -0.15) is 0 Å². The Kier molecular flexibility index (Phi) is 4.39. The van der Waals surface area contributed by atoms with Crippen LogP contribution < -0.4 is 5.32 Å². The van der Waals surface area contributed by atoms with E-state index in [0.717, 1.165) is 0 Å². The first kappa shape index (κ1) is 11.5. The number of nitrogens with one attached hydrogen (secondary N) is 1. The fourth-order valence-corrected chi connectivity index (χ4v) is 1.20. The largest absolute Gasteiger partial charge is 0.394 e. The number of hydrogen-bond acceptors (Lipinski definition) is 2. The van der Waals surface area contributed by atoms with Gasteiger partial charge in [0.05, 0.1) is 18.6 Å². The van der Waals surface area contributed by atoms with Crippen LogP contribution in [0.3, 0.4) is 0 Å². The number of carbonyl (C=O) groups excluding carboxylic acids is 1. The van der Waals surface area contributed by atoms with Crippen LogP contribution in [0.2, 0.25) is 0 Å². The van der Waals surface area contributed by atoms with E-state index in [1.165, 1.54) is 0 Å². The number of rotatable bonds is 4. The normalized spacial score (nSPS) is 20.0. The first-order valence-electron chi connectivity index (χ1n) is 4.78. The van der Waals surface area contributed by atoms with Crippen molar-refractivity contribution < 1.29 is 9.90 Å². The molecule has 1 aliphatic rings. The summed E-state index contributed by atoms with van der Waals surface area (Å²) in [6, 6.07) is -0.169. The molecule has 0 aliphatic heterocycles. The minimum absolute atomic E-state index is 0.0237. The van der Waals surface area contributed by atoms with Crippen LogP contribution in [0.1, 0.15) is 13.8 Å². The van der Waals surface area contributed by atoms with E-state index in [0.29, 0.717) is 5.92 Å². The molecule has 0 heterocycles. The third-order valence-corrected chi connectivity index (χ3v) is 2.24. The lowest BCUT2D eigenvalue weighted by molar-refractivity contribution is -0.119. The summed E-state index contributed by atoms with van der Waals surface area (Å²) in [6.45, 7) is 3.91. The zero-order valence-corrected chi connectivity index (χ0v) is 8.53. The highest BCUT2D eigenvalue weighted by molar-refractivity contribution is 5.96. The van der Waals surface area contributed by atoms with E-state index in [2.05, 4.69) is 5.32 Å². The van der Waals surface area contributed by atoms with Crippen molar-refractivity contribution in [1.29, 1.82) is 0 Å². The molecule has 1 amide bonds. The van der Waals surface area contributed by atoms with Crippen molar-refractivity contribution in [1.82, 2.24) is 5.32 Å². The molecule has 0 bridgehead atoms. The molecule has 1 saturated carbocycles. The summed E-state index contributed by atoms with van der Waals surface area (Å²) in [5.74, 6) is 0.755. The van der Waals surface area contributed by atoms with Crippen LogP contribution in [0, 0.1) is 37.5 Å². The van der Waals surface area contributed by atoms with Crippen LogP contribution in [0.25, 0.3) is 0 Å². The highest BCUT2D eigenvalue weighted by Gasteiger charge is 2.26. The Morgan fingerprint density at radius 2 is 2.00 bits per heavy atom. The van der Waals surface area contributed by atoms with Gasteiger partial charge in [0.25, 0.3) is 0 Å². The lowest BCUT2D eigenvalue weighted by Gasteiger charge is -2.21. The van der Waals surface area contributed by atoms with Crippen molar-refractivity contribution in [3.63, 3.8) is 0 Å². The first-order valence-corrected chi connectivity index (χ1v) is 4.78. The lowest BCUT2D eigenvalue weighted by atomic mass is 10.0. The van der Waals surface area contributed by atoms with Crippen LogP contribution in [-0.4, -0.2) is 23.7 Å². The summed E-state index contributed by atoms with van der Waals surface area (Å²) in [5, 5.41) is 11.8. The van der Waals surface area contributed by atoms with Gasteiger partial charge in [-0.3, -0.25) is 4.79 Å². The van der Waals surface area contributed by atoms with Gasteiger partial charge in [0, 0.05) is 0 Å². The van der Waals surface area contributed by atoms with Gasteiger partial charge in [0.15, 0.2) is 0 Å². The predicted molar refractivity (Wildman–Crippen MR) is 54.3 cm³/mol. The maximum atomic E-state index is 11.6. The summed E-state index contributed by atoms with van der Waals surface area (Å²) in [7, 11) is 0. The standard InChI is InChI=1S/C11H16NO2/c1-8(2)10(7-13)12-11(14)9-5-3-4-6-9/h3-6,8,10,13H,7H2,1-2H3,(H,12,14)/t10-/m1/s1. The molecule has 0 aromatic rings. The summed E-state index contributed by atoms with van der Waals surface area (Å²) < 4.78 is 0.